The van der Waals surface area contributed by atoms with Gasteiger partial charge < -0.3 is 15.0 Å². The second kappa shape index (κ2) is 7.58. The SMILES string of the molecule is c1ccc(-c2nnc(NCc3ccc(N4CCOCC4)cc3)s2)nc1. The Morgan fingerprint density at radius 2 is 1.88 bits per heavy atom. The van der Waals surface area contributed by atoms with Gasteiger partial charge in [-0.1, -0.05) is 29.5 Å². The molecule has 1 fully saturated rings. The zero-order valence-corrected chi connectivity index (χ0v) is 14.6. The Labute approximate surface area is 150 Å². The van der Waals surface area contributed by atoms with Crippen LogP contribution in [0.5, 0.6) is 0 Å². The van der Waals surface area contributed by atoms with Crippen LogP contribution in [0.3, 0.4) is 0 Å². The lowest BCUT2D eigenvalue weighted by atomic mass is 10.2. The number of ether oxygens (including phenoxy) is 1. The molecule has 0 radical (unpaired) electrons. The van der Waals surface area contributed by atoms with E-state index in [2.05, 4.69) is 49.7 Å². The minimum atomic E-state index is 0.722. The van der Waals surface area contributed by atoms with Crippen LogP contribution in [-0.4, -0.2) is 41.5 Å². The van der Waals surface area contributed by atoms with Crippen LogP contribution >= 0.6 is 11.3 Å². The maximum Gasteiger partial charge on any atom is 0.206 e. The first-order chi connectivity index (χ1) is 12.4. The Bertz CT molecular complexity index is 800. The molecule has 128 valence electrons. The molecule has 0 spiro atoms. The Balaban J connectivity index is 1.36. The highest BCUT2D eigenvalue weighted by Gasteiger charge is 2.11. The summed E-state index contributed by atoms with van der Waals surface area (Å²) in [6, 6.07) is 14.4. The molecule has 7 heteroatoms. The van der Waals surface area contributed by atoms with Crippen molar-refractivity contribution in [1.29, 1.82) is 0 Å². The Morgan fingerprint density at radius 3 is 2.64 bits per heavy atom. The first kappa shape index (κ1) is 16.0. The van der Waals surface area contributed by atoms with Crippen LogP contribution in [0.4, 0.5) is 10.8 Å². The van der Waals surface area contributed by atoms with Gasteiger partial charge in [0.05, 0.1) is 13.2 Å². The highest BCUT2D eigenvalue weighted by molar-refractivity contribution is 7.18. The van der Waals surface area contributed by atoms with Crippen molar-refractivity contribution in [2.75, 3.05) is 36.5 Å². The molecule has 1 aliphatic rings. The van der Waals surface area contributed by atoms with Gasteiger partial charge >= 0.3 is 0 Å². The molecule has 6 nitrogen and oxygen atoms in total. The average Bonchev–Trinajstić information content (AvgIpc) is 3.17. The summed E-state index contributed by atoms with van der Waals surface area (Å²) in [6.07, 6.45) is 1.76. The predicted molar refractivity (Wildman–Crippen MR) is 99.9 cm³/mol. The maximum atomic E-state index is 5.40. The second-order valence-electron chi connectivity index (χ2n) is 5.75. The highest BCUT2D eigenvalue weighted by Crippen LogP contribution is 2.25. The lowest BCUT2D eigenvalue weighted by molar-refractivity contribution is 0.122. The van der Waals surface area contributed by atoms with Gasteiger partial charge in [0, 0.05) is 31.5 Å². The van der Waals surface area contributed by atoms with Crippen LogP contribution < -0.4 is 10.2 Å². The van der Waals surface area contributed by atoms with E-state index in [1.165, 1.54) is 22.6 Å². The molecule has 0 aliphatic carbocycles. The third-order valence-electron chi connectivity index (χ3n) is 4.07. The number of morpholine rings is 1. The van der Waals surface area contributed by atoms with Crippen LogP contribution in [0.2, 0.25) is 0 Å². The molecule has 3 heterocycles. The van der Waals surface area contributed by atoms with Crippen molar-refractivity contribution in [2.45, 2.75) is 6.54 Å². The summed E-state index contributed by atoms with van der Waals surface area (Å²) in [4.78, 5) is 6.65. The standard InChI is InChI=1S/C18H19N5OS/c1-2-8-19-16(3-1)17-21-22-18(25-17)20-13-14-4-6-15(7-5-14)23-9-11-24-12-10-23/h1-8H,9-13H2,(H,20,22). The molecule has 3 aromatic rings. The number of pyridine rings is 1. The molecule has 0 atom stereocenters. The number of anilines is 2. The van der Waals surface area contributed by atoms with E-state index in [1.54, 1.807) is 6.20 Å². The van der Waals surface area contributed by atoms with Gasteiger partial charge in [0.2, 0.25) is 5.13 Å². The molecule has 2 aromatic heterocycles. The molecular weight excluding hydrogens is 334 g/mol. The first-order valence-corrected chi connectivity index (χ1v) is 9.10. The highest BCUT2D eigenvalue weighted by atomic mass is 32.1. The fourth-order valence-electron chi connectivity index (χ4n) is 2.71. The molecule has 1 saturated heterocycles. The zero-order valence-electron chi connectivity index (χ0n) is 13.8. The number of hydrogen-bond donors (Lipinski definition) is 1. The molecule has 1 aliphatic heterocycles. The van der Waals surface area contributed by atoms with Crippen molar-refractivity contribution in [3.63, 3.8) is 0 Å². The van der Waals surface area contributed by atoms with Gasteiger partial charge in [0.25, 0.3) is 0 Å². The van der Waals surface area contributed by atoms with Crippen molar-refractivity contribution in [3.8, 4) is 10.7 Å². The third-order valence-corrected chi connectivity index (χ3v) is 4.97. The zero-order chi connectivity index (χ0) is 16.9. The van der Waals surface area contributed by atoms with E-state index in [0.29, 0.717) is 0 Å². The van der Waals surface area contributed by atoms with E-state index in [4.69, 9.17) is 4.74 Å². The van der Waals surface area contributed by atoms with E-state index in [-0.39, 0.29) is 0 Å². The van der Waals surface area contributed by atoms with Gasteiger partial charge in [-0.2, -0.15) is 0 Å². The molecule has 0 unspecified atom stereocenters. The van der Waals surface area contributed by atoms with Gasteiger partial charge in [-0.15, -0.1) is 10.2 Å². The summed E-state index contributed by atoms with van der Waals surface area (Å²) in [6.45, 7) is 4.25. The van der Waals surface area contributed by atoms with E-state index in [9.17, 15) is 0 Å². The lowest BCUT2D eigenvalue weighted by Gasteiger charge is -2.28. The molecule has 0 amide bonds. The molecule has 25 heavy (non-hydrogen) atoms. The van der Waals surface area contributed by atoms with E-state index in [0.717, 1.165) is 48.7 Å². The largest absolute Gasteiger partial charge is 0.378 e. The van der Waals surface area contributed by atoms with Gasteiger partial charge in [-0.3, -0.25) is 4.98 Å². The number of hydrogen-bond acceptors (Lipinski definition) is 7. The minimum Gasteiger partial charge on any atom is -0.378 e. The van der Waals surface area contributed by atoms with Gasteiger partial charge in [0.1, 0.15) is 5.69 Å². The second-order valence-corrected chi connectivity index (χ2v) is 6.72. The lowest BCUT2D eigenvalue weighted by Crippen LogP contribution is -2.36. The van der Waals surface area contributed by atoms with Crippen molar-refractivity contribution in [2.24, 2.45) is 0 Å². The number of benzene rings is 1. The van der Waals surface area contributed by atoms with Crippen LogP contribution in [0.1, 0.15) is 5.56 Å². The summed E-state index contributed by atoms with van der Waals surface area (Å²) in [7, 11) is 0. The minimum absolute atomic E-state index is 0.722. The predicted octanol–water partition coefficient (Wildman–Crippen LogP) is 3.05. The van der Waals surface area contributed by atoms with Gasteiger partial charge in [-0.05, 0) is 29.8 Å². The van der Waals surface area contributed by atoms with Crippen molar-refractivity contribution in [3.05, 3.63) is 54.2 Å². The van der Waals surface area contributed by atoms with E-state index in [1.807, 2.05) is 18.2 Å². The van der Waals surface area contributed by atoms with E-state index < -0.39 is 0 Å². The molecule has 1 aromatic carbocycles. The number of nitrogens with one attached hydrogen (secondary N) is 1. The maximum absolute atomic E-state index is 5.40. The molecule has 1 N–H and O–H groups in total. The van der Waals surface area contributed by atoms with Crippen LogP contribution in [0.15, 0.2) is 48.7 Å². The van der Waals surface area contributed by atoms with Gasteiger partial charge in [-0.25, -0.2) is 0 Å². The Kier molecular flexibility index (Phi) is 4.85. The van der Waals surface area contributed by atoms with E-state index >= 15 is 0 Å². The summed E-state index contributed by atoms with van der Waals surface area (Å²) < 4.78 is 5.40. The molecule has 4 rings (SSSR count). The summed E-state index contributed by atoms with van der Waals surface area (Å²) >= 11 is 1.51. The topological polar surface area (TPSA) is 63.2 Å². The normalized spacial score (nSPS) is 14.5. The monoisotopic (exact) mass is 353 g/mol. The molecule has 0 bridgehead atoms. The number of rotatable bonds is 5. The first-order valence-electron chi connectivity index (χ1n) is 8.29. The fraction of sp³-hybridized carbons (Fsp3) is 0.278. The molecular formula is C18H19N5OS. The Hall–Kier alpha value is -2.51. The summed E-state index contributed by atoms with van der Waals surface area (Å²) in [5.41, 5.74) is 3.31. The van der Waals surface area contributed by atoms with Crippen LogP contribution in [0, 0.1) is 0 Å². The van der Waals surface area contributed by atoms with Crippen molar-refractivity contribution < 1.29 is 4.74 Å². The Morgan fingerprint density at radius 1 is 1.04 bits per heavy atom. The van der Waals surface area contributed by atoms with Crippen LogP contribution in [0.25, 0.3) is 10.7 Å². The molecule has 0 saturated carbocycles. The number of nitrogens with zero attached hydrogens (tertiary/aromatic N) is 4. The van der Waals surface area contributed by atoms with Crippen molar-refractivity contribution >= 4 is 22.2 Å². The number of aromatic nitrogens is 3. The fourth-order valence-corrected chi connectivity index (χ4v) is 3.43. The quantitative estimate of drug-likeness (QED) is 0.761. The third kappa shape index (κ3) is 3.94. The summed E-state index contributed by atoms with van der Waals surface area (Å²) in [5, 5.41) is 13.4. The van der Waals surface area contributed by atoms with Gasteiger partial charge in [0.15, 0.2) is 5.01 Å². The average molecular weight is 353 g/mol. The van der Waals surface area contributed by atoms with Crippen LogP contribution in [-0.2, 0) is 11.3 Å². The summed E-state index contributed by atoms with van der Waals surface area (Å²) in [5.74, 6) is 0. The van der Waals surface area contributed by atoms with Crippen molar-refractivity contribution in [1.82, 2.24) is 15.2 Å². The smallest absolute Gasteiger partial charge is 0.206 e.